The predicted molar refractivity (Wildman–Crippen MR) is 85.9 cm³/mol. The third-order valence-electron chi connectivity index (χ3n) is 3.61. The molecule has 0 bridgehead atoms. The summed E-state index contributed by atoms with van der Waals surface area (Å²) in [5.41, 5.74) is 3.21. The van der Waals surface area contributed by atoms with E-state index in [1.807, 2.05) is 18.3 Å². The number of esters is 1. The van der Waals surface area contributed by atoms with Crippen LogP contribution < -0.4 is 0 Å². The first kappa shape index (κ1) is 17.1. The van der Waals surface area contributed by atoms with Crippen molar-refractivity contribution in [3.05, 3.63) is 47.3 Å². The maximum atomic E-state index is 11.3. The molecule has 1 heterocycles. The lowest BCUT2D eigenvalue weighted by Gasteiger charge is -2.12. The second-order valence-electron chi connectivity index (χ2n) is 5.74. The molecule has 0 N–H and O–H groups in total. The Hall–Kier alpha value is -2.21. The lowest BCUT2D eigenvalue weighted by Crippen LogP contribution is -2.21. The fraction of sp³-hybridized carbons (Fsp3) is 0.471. The van der Waals surface area contributed by atoms with E-state index in [1.165, 1.54) is 18.2 Å². The van der Waals surface area contributed by atoms with E-state index in [9.17, 15) is 4.79 Å². The van der Waals surface area contributed by atoms with E-state index in [1.54, 1.807) is 11.6 Å². The minimum atomic E-state index is -0.619. The number of rotatable bonds is 7. The Morgan fingerprint density at radius 2 is 2.00 bits per heavy atom. The number of aromatic nitrogens is 3. The highest BCUT2D eigenvalue weighted by atomic mass is 16.6. The van der Waals surface area contributed by atoms with Crippen LogP contribution in [0.3, 0.4) is 0 Å². The van der Waals surface area contributed by atoms with Crippen molar-refractivity contribution in [3.8, 4) is 0 Å². The molecule has 124 valence electrons. The summed E-state index contributed by atoms with van der Waals surface area (Å²) in [7, 11) is 1.34. The van der Waals surface area contributed by atoms with Crippen LogP contribution in [0.1, 0.15) is 43.5 Å². The monoisotopic (exact) mass is 317 g/mol. The second-order valence-corrected chi connectivity index (χ2v) is 5.74. The number of carbonyl (C=O) groups is 1. The molecule has 0 aliphatic rings. The number of methoxy groups -OCH3 is 1. The molecular formula is C17H23N3O3. The molecule has 2 rings (SSSR count). The summed E-state index contributed by atoms with van der Waals surface area (Å²) in [6, 6.07) is 8.32. The van der Waals surface area contributed by atoms with Crippen molar-refractivity contribution in [3.63, 3.8) is 0 Å². The summed E-state index contributed by atoms with van der Waals surface area (Å²) < 4.78 is 11.8. The molecule has 0 saturated carbocycles. The van der Waals surface area contributed by atoms with Gasteiger partial charge in [-0.1, -0.05) is 43.3 Å². The maximum absolute atomic E-state index is 11.3. The zero-order chi connectivity index (χ0) is 16.8. The van der Waals surface area contributed by atoms with Gasteiger partial charge in [-0.15, -0.1) is 5.10 Å². The van der Waals surface area contributed by atoms with E-state index in [2.05, 4.69) is 41.0 Å². The number of benzene rings is 1. The van der Waals surface area contributed by atoms with Crippen molar-refractivity contribution in [2.45, 2.75) is 45.9 Å². The van der Waals surface area contributed by atoms with Gasteiger partial charge in [-0.3, -0.25) is 0 Å². The molecule has 0 aliphatic carbocycles. The molecule has 0 radical (unpaired) electrons. The van der Waals surface area contributed by atoms with Crippen molar-refractivity contribution < 1.29 is 14.3 Å². The van der Waals surface area contributed by atoms with Gasteiger partial charge in [0.25, 0.3) is 0 Å². The van der Waals surface area contributed by atoms with Crippen LogP contribution in [0.15, 0.2) is 30.5 Å². The smallest absolute Gasteiger partial charge is 0.334 e. The molecule has 6 nitrogen and oxygen atoms in total. The first-order valence-electron chi connectivity index (χ1n) is 7.67. The summed E-state index contributed by atoms with van der Waals surface area (Å²) in [5.74, 6) is 0.0571. The van der Waals surface area contributed by atoms with Crippen molar-refractivity contribution in [2.75, 3.05) is 7.11 Å². The Kier molecular flexibility index (Phi) is 5.87. The third-order valence-corrected chi connectivity index (χ3v) is 3.61. The normalized spacial score (nSPS) is 12.4. The van der Waals surface area contributed by atoms with Gasteiger partial charge in [-0.05, 0) is 24.0 Å². The zero-order valence-electron chi connectivity index (χ0n) is 14.0. The Morgan fingerprint density at radius 1 is 1.26 bits per heavy atom. The van der Waals surface area contributed by atoms with Crippen molar-refractivity contribution in [1.29, 1.82) is 0 Å². The molecule has 6 heteroatoms. The van der Waals surface area contributed by atoms with E-state index < -0.39 is 12.1 Å². The van der Waals surface area contributed by atoms with Gasteiger partial charge in [0.2, 0.25) is 0 Å². The van der Waals surface area contributed by atoms with Gasteiger partial charge in [0.15, 0.2) is 6.10 Å². The summed E-state index contributed by atoms with van der Waals surface area (Å²) >= 11 is 0. The predicted octanol–water partition coefficient (Wildman–Crippen LogP) is 2.53. The van der Waals surface area contributed by atoms with Crippen LogP contribution in [0, 0.1) is 0 Å². The molecule has 0 unspecified atom stereocenters. The minimum Gasteiger partial charge on any atom is -0.467 e. The topological polar surface area (TPSA) is 66.2 Å². The van der Waals surface area contributed by atoms with Crippen LogP contribution in [0.2, 0.25) is 0 Å². The molecule has 1 aromatic carbocycles. The van der Waals surface area contributed by atoms with Crippen LogP contribution >= 0.6 is 0 Å². The fourth-order valence-corrected chi connectivity index (χ4v) is 2.34. The minimum absolute atomic E-state index is 0.224. The average molecular weight is 317 g/mol. The Balaban J connectivity index is 1.99. The standard InChI is InChI=1S/C17H23N3O3/c1-12(2)16-8-6-5-7-14(16)9-20-10-15(18-19-20)11-23-13(3)17(21)22-4/h5-8,10,12-13H,9,11H2,1-4H3/t13-/m1/s1. The van der Waals surface area contributed by atoms with E-state index in [0.717, 1.165) is 0 Å². The van der Waals surface area contributed by atoms with Crippen molar-refractivity contribution >= 4 is 5.97 Å². The zero-order valence-corrected chi connectivity index (χ0v) is 14.0. The number of hydrogen-bond donors (Lipinski definition) is 0. The Bertz CT molecular complexity index is 652. The molecule has 1 atom stereocenters. The molecule has 1 aromatic heterocycles. The largest absolute Gasteiger partial charge is 0.467 e. The van der Waals surface area contributed by atoms with E-state index in [4.69, 9.17) is 4.74 Å². The van der Waals surface area contributed by atoms with E-state index >= 15 is 0 Å². The van der Waals surface area contributed by atoms with Gasteiger partial charge in [0.1, 0.15) is 5.69 Å². The highest BCUT2D eigenvalue weighted by Gasteiger charge is 2.14. The summed E-state index contributed by atoms with van der Waals surface area (Å²) in [6.45, 7) is 6.88. The van der Waals surface area contributed by atoms with Crippen LogP contribution in [0.5, 0.6) is 0 Å². The molecular weight excluding hydrogens is 294 g/mol. The molecule has 23 heavy (non-hydrogen) atoms. The molecule has 0 fully saturated rings. The Labute approximate surface area is 136 Å². The number of ether oxygens (including phenoxy) is 2. The van der Waals surface area contributed by atoms with E-state index in [0.29, 0.717) is 18.2 Å². The lowest BCUT2D eigenvalue weighted by molar-refractivity contribution is -0.153. The van der Waals surface area contributed by atoms with Gasteiger partial charge in [-0.25, -0.2) is 9.48 Å². The summed E-state index contributed by atoms with van der Waals surface area (Å²) in [6.07, 6.45) is 1.22. The first-order valence-corrected chi connectivity index (χ1v) is 7.67. The van der Waals surface area contributed by atoms with Crippen molar-refractivity contribution in [2.24, 2.45) is 0 Å². The molecule has 2 aromatic rings. The fourth-order valence-electron chi connectivity index (χ4n) is 2.34. The molecule has 0 spiro atoms. The first-order chi connectivity index (χ1) is 11.0. The summed E-state index contributed by atoms with van der Waals surface area (Å²) in [4.78, 5) is 11.3. The van der Waals surface area contributed by atoms with Crippen LogP contribution in [-0.2, 0) is 27.4 Å². The highest BCUT2D eigenvalue weighted by Crippen LogP contribution is 2.19. The highest BCUT2D eigenvalue weighted by molar-refractivity contribution is 5.73. The quantitative estimate of drug-likeness (QED) is 0.734. The third kappa shape index (κ3) is 4.63. The second kappa shape index (κ2) is 7.87. The Morgan fingerprint density at radius 3 is 2.70 bits per heavy atom. The van der Waals surface area contributed by atoms with Gasteiger partial charge in [-0.2, -0.15) is 0 Å². The lowest BCUT2D eigenvalue weighted by atomic mass is 9.97. The van der Waals surface area contributed by atoms with Gasteiger partial charge >= 0.3 is 5.97 Å². The average Bonchev–Trinajstić information content (AvgIpc) is 2.99. The van der Waals surface area contributed by atoms with Crippen LogP contribution in [-0.4, -0.2) is 34.2 Å². The van der Waals surface area contributed by atoms with Crippen LogP contribution in [0.4, 0.5) is 0 Å². The number of nitrogens with zero attached hydrogens (tertiary/aromatic N) is 3. The number of carbonyl (C=O) groups excluding carboxylic acids is 1. The molecule has 0 amide bonds. The van der Waals surface area contributed by atoms with Crippen molar-refractivity contribution in [1.82, 2.24) is 15.0 Å². The SMILES string of the molecule is COC(=O)[C@@H](C)OCc1cn(Cc2ccccc2C(C)C)nn1. The molecule has 0 aliphatic heterocycles. The maximum Gasteiger partial charge on any atom is 0.334 e. The number of hydrogen-bond acceptors (Lipinski definition) is 5. The molecule has 0 saturated heterocycles. The summed E-state index contributed by atoms with van der Waals surface area (Å²) in [5, 5.41) is 8.21. The van der Waals surface area contributed by atoms with Crippen LogP contribution in [0.25, 0.3) is 0 Å². The van der Waals surface area contributed by atoms with Gasteiger partial charge in [0, 0.05) is 0 Å². The van der Waals surface area contributed by atoms with Gasteiger partial charge < -0.3 is 9.47 Å². The van der Waals surface area contributed by atoms with E-state index in [-0.39, 0.29) is 6.61 Å². The van der Waals surface area contributed by atoms with Gasteiger partial charge in [0.05, 0.1) is 26.5 Å².